The van der Waals surface area contributed by atoms with Crippen LogP contribution in [0.25, 0.3) is 0 Å². The van der Waals surface area contributed by atoms with Gasteiger partial charge in [-0.15, -0.1) is 0 Å². The molecule has 198 valence electrons. The number of aliphatic hydroxyl groups excluding tert-OH is 3. The number of hydrogen-bond acceptors (Lipinski definition) is 4. The van der Waals surface area contributed by atoms with E-state index < -0.39 is 24.2 Å². The molecule has 0 heterocycles. The Morgan fingerprint density at radius 1 is 0.606 bits per heavy atom. The summed E-state index contributed by atoms with van der Waals surface area (Å²) in [5, 5.41) is 32.6. The number of aliphatic hydroxyl groups is 3. The topological polar surface area (TPSA) is 89.8 Å². The summed E-state index contributed by atoms with van der Waals surface area (Å²) in [4.78, 5) is 12.2. The smallest absolute Gasteiger partial charge is 0.249 e. The van der Waals surface area contributed by atoms with Gasteiger partial charge >= 0.3 is 0 Å². The van der Waals surface area contributed by atoms with Crippen molar-refractivity contribution in [2.45, 2.75) is 167 Å². The minimum atomic E-state index is -1.06. The monoisotopic (exact) mass is 471 g/mol. The zero-order valence-corrected chi connectivity index (χ0v) is 22.0. The predicted octanol–water partition coefficient (Wildman–Crippen LogP) is 6.42. The van der Waals surface area contributed by atoms with E-state index in [0.717, 1.165) is 32.1 Å². The fourth-order valence-electron chi connectivity index (χ4n) is 4.36. The highest BCUT2D eigenvalue weighted by Crippen LogP contribution is 2.14. The van der Waals surface area contributed by atoms with E-state index in [1.807, 2.05) is 0 Å². The minimum Gasteiger partial charge on any atom is -0.394 e. The van der Waals surface area contributed by atoms with Crippen molar-refractivity contribution in [2.24, 2.45) is 0 Å². The van der Waals surface area contributed by atoms with Gasteiger partial charge in [-0.2, -0.15) is 0 Å². The first-order valence-corrected chi connectivity index (χ1v) is 14.3. The zero-order chi connectivity index (χ0) is 24.6. The number of unbranched alkanes of at least 4 members (excludes halogenated alkanes) is 17. The molecule has 0 aliphatic rings. The first-order valence-electron chi connectivity index (χ1n) is 14.3. The summed E-state index contributed by atoms with van der Waals surface area (Å²) in [6.45, 7) is 4.13. The van der Waals surface area contributed by atoms with Crippen LogP contribution in [0.15, 0.2) is 0 Å². The van der Waals surface area contributed by atoms with Crippen LogP contribution in [-0.4, -0.2) is 46.1 Å². The van der Waals surface area contributed by atoms with Gasteiger partial charge in [-0.3, -0.25) is 4.79 Å². The molecule has 0 aromatic carbocycles. The molecule has 0 aromatic rings. The molecule has 0 fully saturated rings. The molecule has 0 rings (SSSR count). The average Bonchev–Trinajstić information content (AvgIpc) is 2.82. The van der Waals surface area contributed by atoms with Gasteiger partial charge in [-0.1, -0.05) is 136 Å². The fourth-order valence-corrected chi connectivity index (χ4v) is 4.36. The van der Waals surface area contributed by atoms with Crippen LogP contribution in [0.2, 0.25) is 0 Å². The minimum absolute atomic E-state index is 0.310. The van der Waals surface area contributed by atoms with Crippen LogP contribution in [0.5, 0.6) is 0 Å². The first-order chi connectivity index (χ1) is 16.1. The molecule has 0 bridgehead atoms. The van der Waals surface area contributed by atoms with Crippen LogP contribution in [0.3, 0.4) is 0 Å². The Morgan fingerprint density at radius 3 is 1.36 bits per heavy atom. The van der Waals surface area contributed by atoms with Crippen LogP contribution >= 0.6 is 0 Å². The van der Waals surface area contributed by atoms with E-state index in [1.165, 1.54) is 89.9 Å². The van der Waals surface area contributed by atoms with E-state index in [4.69, 9.17) is 0 Å². The summed E-state index contributed by atoms with van der Waals surface area (Å²) < 4.78 is 0. The van der Waals surface area contributed by atoms with Gasteiger partial charge in [0.15, 0.2) is 0 Å². The molecule has 5 heteroatoms. The fraction of sp³-hybridized carbons (Fsp3) is 0.964. The van der Waals surface area contributed by atoms with E-state index in [-0.39, 0.29) is 6.61 Å². The molecule has 0 radical (unpaired) electrons. The Balaban J connectivity index is 3.72. The van der Waals surface area contributed by atoms with Gasteiger partial charge in [0.1, 0.15) is 6.10 Å². The number of carbonyl (C=O) groups excluding carboxylic acids is 1. The van der Waals surface area contributed by atoms with E-state index in [2.05, 4.69) is 19.2 Å². The highest BCUT2D eigenvalue weighted by atomic mass is 16.3. The van der Waals surface area contributed by atoms with Crippen molar-refractivity contribution in [2.75, 3.05) is 6.61 Å². The van der Waals surface area contributed by atoms with E-state index >= 15 is 0 Å². The van der Waals surface area contributed by atoms with Crippen molar-refractivity contribution < 1.29 is 20.1 Å². The second-order valence-electron chi connectivity index (χ2n) is 9.97. The molecule has 0 aliphatic carbocycles. The van der Waals surface area contributed by atoms with Crippen LogP contribution in [0.1, 0.15) is 149 Å². The van der Waals surface area contributed by atoms with Gasteiger partial charge < -0.3 is 20.6 Å². The molecule has 3 atom stereocenters. The number of rotatable bonds is 25. The van der Waals surface area contributed by atoms with E-state index in [1.54, 1.807) is 0 Å². The van der Waals surface area contributed by atoms with Crippen molar-refractivity contribution in [3.05, 3.63) is 0 Å². The Kier molecular flexibility index (Phi) is 24.0. The highest BCUT2D eigenvalue weighted by Gasteiger charge is 2.23. The molecule has 4 N–H and O–H groups in total. The largest absolute Gasteiger partial charge is 0.394 e. The van der Waals surface area contributed by atoms with E-state index in [9.17, 15) is 20.1 Å². The Bertz CT molecular complexity index is 419. The third-order valence-corrected chi connectivity index (χ3v) is 6.73. The molecule has 0 saturated carbocycles. The quantitative estimate of drug-likeness (QED) is 0.116. The third-order valence-electron chi connectivity index (χ3n) is 6.73. The molecule has 0 spiro atoms. The summed E-state index contributed by atoms with van der Waals surface area (Å²) in [6.07, 6.45) is 22.4. The van der Waals surface area contributed by atoms with Gasteiger partial charge in [0.2, 0.25) is 5.91 Å². The maximum Gasteiger partial charge on any atom is 0.249 e. The van der Waals surface area contributed by atoms with E-state index in [0.29, 0.717) is 12.8 Å². The molecule has 0 saturated heterocycles. The molecular formula is C28H57NO4. The van der Waals surface area contributed by atoms with Gasteiger partial charge in [0, 0.05) is 0 Å². The lowest BCUT2D eigenvalue weighted by Gasteiger charge is -2.23. The second-order valence-corrected chi connectivity index (χ2v) is 9.97. The summed E-state index contributed by atoms with van der Waals surface area (Å²) >= 11 is 0. The molecule has 1 amide bonds. The van der Waals surface area contributed by atoms with Crippen molar-refractivity contribution in [3.8, 4) is 0 Å². The lowest BCUT2D eigenvalue weighted by molar-refractivity contribution is -0.131. The molecule has 0 aromatic heterocycles. The molecular weight excluding hydrogens is 414 g/mol. The van der Waals surface area contributed by atoms with Gasteiger partial charge in [0.05, 0.1) is 18.8 Å². The molecule has 0 aliphatic heterocycles. The maximum atomic E-state index is 12.2. The summed E-state index contributed by atoms with van der Waals surface area (Å²) in [5.41, 5.74) is 0. The Hall–Kier alpha value is -0.650. The van der Waals surface area contributed by atoms with Crippen LogP contribution in [0, 0.1) is 0 Å². The standard InChI is InChI=1S/C28H57NO4/c1-3-5-7-9-11-12-13-14-15-16-17-19-20-22-26(31)25(24-30)29-28(33)27(32)23-21-18-10-8-6-4-2/h25-27,30-32H,3-24H2,1-2H3,(H,29,33)/t25-,26+,27+/m0/s1. The van der Waals surface area contributed by atoms with Crippen LogP contribution < -0.4 is 5.32 Å². The summed E-state index contributed by atoms with van der Waals surface area (Å²) in [7, 11) is 0. The normalized spacial score (nSPS) is 14.2. The van der Waals surface area contributed by atoms with Gasteiger partial charge in [-0.25, -0.2) is 0 Å². The molecule has 33 heavy (non-hydrogen) atoms. The van der Waals surface area contributed by atoms with Crippen molar-refractivity contribution in [3.63, 3.8) is 0 Å². The average molecular weight is 472 g/mol. The van der Waals surface area contributed by atoms with Crippen molar-refractivity contribution in [1.82, 2.24) is 5.32 Å². The van der Waals surface area contributed by atoms with Crippen LogP contribution in [-0.2, 0) is 4.79 Å². The maximum absolute atomic E-state index is 12.2. The van der Waals surface area contributed by atoms with Gasteiger partial charge in [0.25, 0.3) is 0 Å². The molecule has 0 unspecified atom stereocenters. The van der Waals surface area contributed by atoms with Crippen molar-refractivity contribution >= 4 is 5.91 Å². The SMILES string of the molecule is CCCCCCCCCCCCCCC[C@@H](O)[C@H](CO)NC(=O)[C@H](O)CCCCCCCC. The Morgan fingerprint density at radius 2 is 0.970 bits per heavy atom. The van der Waals surface area contributed by atoms with Crippen LogP contribution in [0.4, 0.5) is 0 Å². The summed E-state index contributed by atoms with van der Waals surface area (Å²) in [5.74, 6) is -0.480. The number of carbonyl (C=O) groups is 1. The molecule has 5 nitrogen and oxygen atoms in total. The second kappa shape index (κ2) is 24.5. The zero-order valence-electron chi connectivity index (χ0n) is 22.0. The Labute approximate surface area is 205 Å². The number of nitrogens with one attached hydrogen (secondary N) is 1. The lowest BCUT2D eigenvalue weighted by atomic mass is 10.0. The lowest BCUT2D eigenvalue weighted by Crippen LogP contribution is -2.49. The number of hydrogen-bond donors (Lipinski definition) is 4. The predicted molar refractivity (Wildman–Crippen MR) is 139 cm³/mol. The summed E-state index contributed by atoms with van der Waals surface area (Å²) in [6, 6.07) is -0.700. The highest BCUT2D eigenvalue weighted by molar-refractivity contribution is 5.80. The third kappa shape index (κ3) is 20.4. The first kappa shape index (κ1) is 32.4. The van der Waals surface area contributed by atoms with Gasteiger partial charge in [-0.05, 0) is 12.8 Å². The van der Waals surface area contributed by atoms with Crippen molar-refractivity contribution in [1.29, 1.82) is 0 Å². The number of amides is 1.